The summed E-state index contributed by atoms with van der Waals surface area (Å²) in [5.74, 6) is -0.603. The van der Waals surface area contributed by atoms with Gasteiger partial charge in [-0.25, -0.2) is 0 Å². The number of rotatable bonds is 4. The average molecular weight is 316 g/mol. The van der Waals surface area contributed by atoms with Crippen LogP contribution in [0.5, 0.6) is 0 Å². The Morgan fingerprint density at radius 3 is 2.09 bits per heavy atom. The van der Waals surface area contributed by atoms with Gasteiger partial charge in [0.15, 0.2) is 0 Å². The Kier molecular flexibility index (Phi) is 4.50. The molecule has 23 heavy (non-hydrogen) atoms. The molecule has 0 saturated carbocycles. The molecule has 2 aliphatic heterocycles. The summed E-state index contributed by atoms with van der Waals surface area (Å²) >= 11 is 0. The van der Waals surface area contributed by atoms with Crippen molar-refractivity contribution in [1.82, 2.24) is 9.80 Å². The van der Waals surface area contributed by atoms with Crippen LogP contribution < -0.4 is 0 Å². The van der Waals surface area contributed by atoms with Gasteiger partial charge in [-0.3, -0.25) is 19.4 Å². The molecular formula is C18H24N2O3. The topological polar surface area (TPSA) is 60.9 Å². The fourth-order valence-corrected chi connectivity index (χ4v) is 3.75. The van der Waals surface area contributed by atoms with Crippen molar-refractivity contribution in [2.75, 3.05) is 13.1 Å². The summed E-state index contributed by atoms with van der Waals surface area (Å²) in [5.41, 5.74) is 0.869. The second kappa shape index (κ2) is 6.42. The lowest BCUT2D eigenvalue weighted by atomic mass is 9.97. The van der Waals surface area contributed by atoms with Crippen LogP contribution in [-0.2, 0) is 0 Å². The van der Waals surface area contributed by atoms with Crippen LogP contribution in [0.4, 0.5) is 0 Å². The van der Waals surface area contributed by atoms with E-state index in [1.165, 1.54) is 11.3 Å². The molecule has 2 aliphatic rings. The summed E-state index contributed by atoms with van der Waals surface area (Å²) in [5, 5.41) is 10.4. The summed E-state index contributed by atoms with van der Waals surface area (Å²) in [6.45, 7) is 4.90. The minimum Gasteiger partial charge on any atom is -0.390 e. The van der Waals surface area contributed by atoms with Crippen LogP contribution >= 0.6 is 0 Å². The van der Waals surface area contributed by atoms with Crippen molar-refractivity contribution in [3.63, 3.8) is 0 Å². The number of β-amino-alcohol motifs (C(OH)–C–C–N with tert-alkyl or cyclic N) is 1. The van der Waals surface area contributed by atoms with Gasteiger partial charge in [0.1, 0.15) is 0 Å². The molecule has 0 spiro atoms. The first-order valence-electron chi connectivity index (χ1n) is 8.38. The van der Waals surface area contributed by atoms with Gasteiger partial charge < -0.3 is 5.11 Å². The van der Waals surface area contributed by atoms with Gasteiger partial charge in [-0.05, 0) is 38.8 Å². The summed E-state index contributed by atoms with van der Waals surface area (Å²) < 4.78 is 0. The highest BCUT2D eigenvalue weighted by Crippen LogP contribution is 2.25. The van der Waals surface area contributed by atoms with E-state index in [4.69, 9.17) is 0 Å². The van der Waals surface area contributed by atoms with E-state index < -0.39 is 6.10 Å². The van der Waals surface area contributed by atoms with Crippen molar-refractivity contribution in [3.8, 4) is 0 Å². The van der Waals surface area contributed by atoms with E-state index in [1.807, 2.05) is 0 Å². The monoisotopic (exact) mass is 316 g/mol. The summed E-state index contributed by atoms with van der Waals surface area (Å²) in [4.78, 5) is 28.1. The summed E-state index contributed by atoms with van der Waals surface area (Å²) in [6.07, 6.45) is 2.75. The lowest BCUT2D eigenvalue weighted by Gasteiger charge is -2.40. The molecule has 0 bridgehead atoms. The van der Waals surface area contributed by atoms with Gasteiger partial charge in [0, 0.05) is 18.6 Å². The Morgan fingerprint density at radius 1 is 1.04 bits per heavy atom. The third-order valence-corrected chi connectivity index (χ3v) is 5.07. The molecule has 2 amide bonds. The number of nitrogens with zero attached hydrogens (tertiary/aromatic N) is 2. The molecule has 5 heteroatoms. The van der Waals surface area contributed by atoms with Crippen molar-refractivity contribution < 1.29 is 14.7 Å². The van der Waals surface area contributed by atoms with Gasteiger partial charge in [-0.15, -0.1) is 0 Å². The first kappa shape index (κ1) is 16.1. The van der Waals surface area contributed by atoms with Gasteiger partial charge in [0.2, 0.25) is 0 Å². The van der Waals surface area contributed by atoms with Crippen LogP contribution in [0.15, 0.2) is 24.3 Å². The quantitative estimate of drug-likeness (QED) is 0.862. The number of hydrogen-bond donors (Lipinski definition) is 1. The zero-order valence-corrected chi connectivity index (χ0v) is 13.7. The number of aliphatic hydroxyl groups is 1. The van der Waals surface area contributed by atoms with Crippen LogP contribution in [-0.4, -0.2) is 58.0 Å². The first-order chi connectivity index (χ1) is 11.0. The molecule has 3 rings (SSSR count). The van der Waals surface area contributed by atoms with Crippen LogP contribution in [0.3, 0.4) is 0 Å². The lowest BCUT2D eigenvalue weighted by molar-refractivity contribution is 0.0240. The van der Waals surface area contributed by atoms with Gasteiger partial charge in [0.05, 0.1) is 23.8 Å². The second-order valence-electron chi connectivity index (χ2n) is 6.75. The van der Waals surface area contributed by atoms with Crippen LogP contribution in [0, 0.1) is 0 Å². The lowest BCUT2D eigenvalue weighted by Crippen LogP contribution is -2.50. The second-order valence-corrected chi connectivity index (χ2v) is 6.75. The predicted molar refractivity (Wildman–Crippen MR) is 87.3 cm³/mol. The SMILES string of the molecule is C[C@@H]1CCC[C@H](C)N1C[C@H](O)CN1C(=O)c2ccccc2C1=O. The largest absolute Gasteiger partial charge is 0.390 e. The van der Waals surface area contributed by atoms with Crippen LogP contribution in [0.25, 0.3) is 0 Å². The summed E-state index contributed by atoms with van der Waals surface area (Å²) in [7, 11) is 0. The van der Waals surface area contributed by atoms with Gasteiger partial charge >= 0.3 is 0 Å². The number of aliphatic hydroxyl groups excluding tert-OH is 1. The molecule has 1 N–H and O–H groups in total. The molecule has 3 atom stereocenters. The molecule has 1 aromatic carbocycles. The normalized spacial score (nSPS) is 26.5. The zero-order valence-electron chi connectivity index (χ0n) is 13.7. The van der Waals surface area contributed by atoms with Crippen molar-refractivity contribution >= 4 is 11.8 Å². The number of piperidine rings is 1. The fraction of sp³-hybridized carbons (Fsp3) is 0.556. The molecular weight excluding hydrogens is 292 g/mol. The Hall–Kier alpha value is -1.72. The van der Waals surface area contributed by atoms with E-state index in [2.05, 4.69) is 18.7 Å². The highest BCUT2D eigenvalue weighted by molar-refractivity contribution is 6.21. The Morgan fingerprint density at radius 2 is 1.57 bits per heavy atom. The van der Waals surface area contributed by atoms with E-state index >= 15 is 0 Å². The Balaban J connectivity index is 1.66. The molecule has 0 radical (unpaired) electrons. The molecule has 0 aromatic heterocycles. The average Bonchev–Trinajstić information content (AvgIpc) is 2.77. The van der Waals surface area contributed by atoms with Crippen molar-refractivity contribution in [3.05, 3.63) is 35.4 Å². The first-order valence-corrected chi connectivity index (χ1v) is 8.38. The van der Waals surface area contributed by atoms with E-state index in [-0.39, 0.29) is 18.4 Å². The molecule has 1 saturated heterocycles. The Labute approximate surface area is 136 Å². The fourth-order valence-electron chi connectivity index (χ4n) is 3.75. The number of imide groups is 1. The van der Waals surface area contributed by atoms with E-state index in [0.717, 1.165) is 12.8 Å². The Bertz CT molecular complexity index is 571. The molecule has 2 heterocycles. The minimum absolute atomic E-state index is 0.0578. The van der Waals surface area contributed by atoms with Gasteiger partial charge in [-0.1, -0.05) is 18.6 Å². The third kappa shape index (κ3) is 3.03. The van der Waals surface area contributed by atoms with Crippen LogP contribution in [0.1, 0.15) is 53.8 Å². The highest BCUT2D eigenvalue weighted by Gasteiger charge is 2.37. The van der Waals surface area contributed by atoms with E-state index in [9.17, 15) is 14.7 Å². The van der Waals surface area contributed by atoms with E-state index in [1.54, 1.807) is 24.3 Å². The maximum atomic E-state index is 12.3. The highest BCUT2D eigenvalue weighted by atomic mass is 16.3. The number of likely N-dealkylation sites (tertiary alicyclic amines) is 1. The smallest absolute Gasteiger partial charge is 0.261 e. The number of benzene rings is 1. The van der Waals surface area contributed by atoms with Crippen molar-refractivity contribution in [2.24, 2.45) is 0 Å². The maximum Gasteiger partial charge on any atom is 0.261 e. The molecule has 1 aromatic rings. The maximum absolute atomic E-state index is 12.3. The van der Waals surface area contributed by atoms with Gasteiger partial charge in [0.25, 0.3) is 11.8 Å². The van der Waals surface area contributed by atoms with E-state index in [0.29, 0.717) is 29.8 Å². The number of amides is 2. The molecule has 0 unspecified atom stereocenters. The third-order valence-electron chi connectivity index (χ3n) is 5.07. The predicted octanol–water partition coefficient (Wildman–Crippen LogP) is 1.91. The molecule has 5 nitrogen and oxygen atoms in total. The molecule has 124 valence electrons. The minimum atomic E-state index is -0.722. The number of carbonyl (C=O) groups is 2. The number of carbonyl (C=O) groups excluding carboxylic acids is 2. The molecule has 0 aliphatic carbocycles. The van der Waals surface area contributed by atoms with Crippen LogP contribution in [0.2, 0.25) is 0 Å². The standard InChI is InChI=1S/C18H24N2O3/c1-12-6-5-7-13(2)19(12)10-14(21)11-20-17(22)15-8-3-4-9-16(15)18(20)23/h3-4,8-9,12-14,21H,5-7,10-11H2,1-2H3/t12-,13+,14-/m0/s1. The number of fused-ring (bicyclic) bond motifs is 1. The summed E-state index contributed by atoms with van der Waals surface area (Å²) in [6, 6.07) is 7.68. The zero-order chi connectivity index (χ0) is 16.6. The van der Waals surface area contributed by atoms with Crippen molar-refractivity contribution in [1.29, 1.82) is 0 Å². The number of hydrogen-bond acceptors (Lipinski definition) is 4. The molecule has 1 fully saturated rings. The van der Waals surface area contributed by atoms with Crippen molar-refractivity contribution in [2.45, 2.75) is 51.3 Å². The van der Waals surface area contributed by atoms with Gasteiger partial charge in [-0.2, -0.15) is 0 Å².